The molecule has 2 N–H and O–H groups in total. The van der Waals surface area contributed by atoms with Gasteiger partial charge in [0.25, 0.3) is 5.91 Å². The van der Waals surface area contributed by atoms with Crippen LogP contribution in [0.5, 0.6) is 5.75 Å². The average molecular weight is 464 g/mol. The second kappa shape index (κ2) is 8.87. The SMILES string of the molecule is C=C(C)NC(=O)c1cc2c(cc1-c1ccc(C(=O)O)nc1C(=O)OC)OCCc1ccsc1-2. The molecule has 0 spiro atoms. The van der Waals surface area contributed by atoms with Gasteiger partial charge in [0.15, 0.2) is 5.69 Å². The lowest BCUT2D eigenvalue weighted by Crippen LogP contribution is -2.22. The second-order valence-electron chi connectivity index (χ2n) is 7.39. The van der Waals surface area contributed by atoms with Crippen molar-refractivity contribution in [1.29, 1.82) is 0 Å². The van der Waals surface area contributed by atoms with Crippen molar-refractivity contribution in [3.63, 3.8) is 0 Å². The minimum atomic E-state index is -1.29. The van der Waals surface area contributed by atoms with Gasteiger partial charge in [0, 0.05) is 39.2 Å². The Morgan fingerprint density at radius 2 is 1.97 bits per heavy atom. The summed E-state index contributed by atoms with van der Waals surface area (Å²) in [4.78, 5) is 42.1. The first-order valence-electron chi connectivity index (χ1n) is 9.97. The Balaban J connectivity index is 2.00. The molecule has 1 aliphatic rings. The van der Waals surface area contributed by atoms with Gasteiger partial charge < -0.3 is 19.9 Å². The number of carbonyl (C=O) groups excluding carboxylic acids is 2. The number of ether oxygens (including phenoxy) is 2. The van der Waals surface area contributed by atoms with E-state index in [1.54, 1.807) is 30.4 Å². The molecule has 0 radical (unpaired) electrons. The molecule has 8 nitrogen and oxygen atoms in total. The molecule has 1 aromatic carbocycles. The van der Waals surface area contributed by atoms with Crippen molar-refractivity contribution in [2.45, 2.75) is 13.3 Å². The van der Waals surface area contributed by atoms with Gasteiger partial charge in [-0.3, -0.25) is 4.79 Å². The van der Waals surface area contributed by atoms with E-state index >= 15 is 0 Å². The first-order chi connectivity index (χ1) is 15.8. The van der Waals surface area contributed by atoms with E-state index in [-0.39, 0.29) is 22.5 Å². The molecule has 2 aromatic heterocycles. The van der Waals surface area contributed by atoms with Crippen molar-refractivity contribution in [2.75, 3.05) is 13.7 Å². The molecule has 1 aliphatic heterocycles. The summed E-state index contributed by atoms with van der Waals surface area (Å²) in [6.07, 6.45) is 0.721. The fourth-order valence-electron chi connectivity index (χ4n) is 3.64. The van der Waals surface area contributed by atoms with E-state index in [1.165, 1.54) is 19.2 Å². The first-order valence-corrected chi connectivity index (χ1v) is 10.9. The molecule has 0 bridgehead atoms. The van der Waals surface area contributed by atoms with E-state index in [0.29, 0.717) is 23.6 Å². The van der Waals surface area contributed by atoms with E-state index in [4.69, 9.17) is 9.47 Å². The molecule has 0 saturated carbocycles. The number of carboxylic acids is 1. The van der Waals surface area contributed by atoms with Crippen LogP contribution in [-0.2, 0) is 11.2 Å². The Kier molecular flexibility index (Phi) is 5.97. The second-order valence-corrected chi connectivity index (χ2v) is 8.31. The molecule has 1 amide bonds. The Morgan fingerprint density at radius 3 is 2.67 bits per heavy atom. The van der Waals surface area contributed by atoms with Gasteiger partial charge in [0.2, 0.25) is 0 Å². The van der Waals surface area contributed by atoms with Crippen LogP contribution < -0.4 is 10.1 Å². The quantitative estimate of drug-likeness (QED) is 0.545. The number of fused-ring (bicyclic) bond motifs is 3. The van der Waals surface area contributed by atoms with E-state index < -0.39 is 17.8 Å². The third-order valence-electron chi connectivity index (χ3n) is 5.09. The molecule has 0 saturated heterocycles. The normalized spacial score (nSPS) is 11.9. The highest BCUT2D eigenvalue weighted by molar-refractivity contribution is 7.13. The van der Waals surface area contributed by atoms with E-state index in [1.807, 2.05) is 11.4 Å². The van der Waals surface area contributed by atoms with Crippen LogP contribution in [0.2, 0.25) is 0 Å². The minimum absolute atomic E-state index is 0.216. The predicted octanol–water partition coefficient (Wildman–Crippen LogP) is 4.16. The first kappa shape index (κ1) is 22.2. The van der Waals surface area contributed by atoms with Gasteiger partial charge >= 0.3 is 11.9 Å². The molecular formula is C24H20N2O6S. The van der Waals surface area contributed by atoms with Crippen LogP contribution in [0.15, 0.2) is 48.0 Å². The number of benzene rings is 1. The lowest BCUT2D eigenvalue weighted by Gasteiger charge is -2.17. The summed E-state index contributed by atoms with van der Waals surface area (Å²) < 4.78 is 10.8. The largest absolute Gasteiger partial charge is 0.493 e. The van der Waals surface area contributed by atoms with Crippen LogP contribution in [0.4, 0.5) is 0 Å². The summed E-state index contributed by atoms with van der Waals surface area (Å²) in [5, 5.41) is 14.0. The van der Waals surface area contributed by atoms with Crippen molar-refractivity contribution in [3.8, 4) is 27.3 Å². The number of rotatable bonds is 5. The number of nitrogens with zero attached hydrogens (tertiary/aromatic N) is 1. The number of nitrogens with one attached hydrogen (secondary N) is 1. The molecule has 3 aromatic rings. The van der Waals surface area contributed by atoms with Gasteiger partial charge in [-0.05, 0) is 48.2 Å². The molecule has 9 heteroatoms. The van der Waals surface area contributed by atoms with Crippen molar-refractivity contribution in [1.82, 2.24) is 10.3 Å². The molecule has 0 aliphatic carbocycles. The average Bonchev–Trinajstić information content (AvgIpc) is 3.18. The van der Waals surface area contributed by atoms with Crippen molar-refractivity contribution >= 4 is 29.2 Å². The summed E-state index contributed by atoms with van der Waals surface area (Å²) in [6, 6.07) is 8.14. The minimum Gasteiger partial charge on any atom is -0.493 e. The molecule has 0 unspecified atom stereocenters. The maximum atomic E-state index is 13.2. The number of aromatic carboxylic acids is 1. The Labute approximate surface area is 193 Å². The van der Waals surface area contributed by atoms with Crippen LogP contribution >= 0.6 is 11.3 Å². The van der Waals surface area contributed by atoms with Crippen LogP contribution in [0.1, 0.15) is 43.8 Å². The Bertz CT molecular complexity index is 1310. The van der Waals surface area contributed by atoms with Gasteiger partial charge in [-0.25, -0.2) is 14.6 Å². The number of pyridine rings is 1. The maximum Gasteiger partial charge on any atom is 0.357 e. The van der Waals surface area contributed by atoms with Gasteiger partial charge in [0.05, 0.1) is 13.7 Å². The number of esters is 1. The fraction of sp³-hybridized carbons (Fsp3) is 0.167. The zero-order valence-electron chi connectivity index (χ0n) is 17.9. The fourth-order valence-corrected chi connectivity index (χ4v) is 4.61. The maximum absolute atomic E-state index is 13.2. The van der Waals surface area contributed by atoms with Crippen molar-refractivity contribution in [3.05, 3.63) is 70.5 Å². The summed E-state index contributed by atoms with van der Waals surface area (Å²) in [5.74, 6) is -1.99. The van der Waals surface area contributed by atoms with Gasteiger partial charge in [-0.2, -0.15) is 0 Å². The number of methoxy groups -OCH3 is 1. The number of hydrogen-bond donors (Lipinski definition) is 2. The lowest BCUT2D eigenvalue weighted by atomic mass is 9.93. The van der Waals surface area contributed by atoms with E-state index in [0.717, 1.165) is 22.4 Å². The number of allylic oxidation sites excluding steroid dienone is 1. The number of carbonyl (C=O) groups is 3. The summed E-state index contributed by atoms with van der Waals surface area (Å²) in [6.45, 7) is 5.85. The van der Waals surface area contributed by atoms with Gasteiger partial charge in [0.1, 0.15) is 11.4 Å². The Morgan fingerprint density at radius 1 is 1.18 bits per heavy atom. The molecular weight excluding hydrogens is 444 g/mol. The van der Waals surface area contributed by atoms with Crippen molar-refractivity contribution < 1.29 is 29.0 Å². The zero-order valence-corrected chi connectivity index (χ0v) is 18.7. The standard InChI is InChI=1S/C24H20N2O6S/c1-12(2)25-22(27)16-10-17-19(32-8-6-13-7-9-33-21(13)17)11-15(16)14-4-5-18(23(28)29)26-20(14)24(30)31-3/h4-5,7,9-11H,1,6,8H2,2-3H3,(H,25,27)(H,28,29). The van der Waals surface area contributed by atoms with Crippen LogP contribution in [0, 0.1) is 0 Å². The molecule has 33 heavy (non-hydrogen) atoms. The topological polar surface area (TPSA) is 115 Å². The van der Waals surface area contributed by atoms with Crippen LogP contribution in [0.3, 0.4) is 0 Å². The van der Waals surface area contributed by atoms with Crippen molar-refractivity contribution in [2.24, 2.45) is 0 Å². The molecule has 0 fully saturated rings. The zero-order chi connectivity index (χ0) is 23.7. The molecule has 168 valence electrons. The highest BCUT2D eigenvalue weighted by Gasteiger charge is 2.26. The van der Waals surface area contributed by atoms with E-state index in [9.17, 15) is 19.5 Å². The number of carboxylic acid groups (broad SMARTS) is 1. The smallest absolute Gasteiger partial charge is 0.357 e. The summed E-state index contributed by atoms with van der Waals surface area (Å²) in [5.41, 5.74) is 2.67. The number of hydrogen-bond acceptors (Lipinski definition) is 7. The lowest BCUT2D eigenvalue weighted by molar-refractivity contribution is 0.0594. The van der Waals surface area contributed by atoms with Gasteiger partial charge in [-0.1, -0.05) is 6.58 Å². The number of amides is 1. The monoisotopic (exact) mass is 464 g/mol. The third-order valence-corrected chi connectivity index (χ3v) is 6.08. The van der Waals surface area contributed by atoms with E-state index in [2.05, 4.69) is 16.9 Å². The highest BCUT2D eigenvalue weighted by Crippen LogP contribution is 2.43. The number of aromatic nitrogens is 1. The van der Waals surface area contributed by atoms with Crippen LogP contribution in [-0.4, -0.2) is 41.7 Å². The third kappa shape index (κ3) is 4.22. The molecule has 4 rings (SSSR count). The predicted molar refractivity (Wildman–Crippen MR) is 123 cm³/mol. The van der Waals surface area contributed by atoms with Crippen LogP contribution in [0.25, 0.3) is 21.6 Å². The number of thiophene rings is 1. The molecule has 3 heterocycles. The summed E-state index contributed by atoms with van der Waals surface area (Å²) in [7, 11) is 1.17. The molecule has 0 atom stereocenters. The summed E-state index contributed by atoms with van der Waals surface area (Å²) >= 11 is 1.55. The highest BCUT2D eigenvalue weighted by atomic mass is 32.1. The Hall–Kier alpha value is -3.98. The van der Waals surface area contributed by atoms with Gasteiger partial charge in [-0.15, -0.1) is 11.3 Å².